The quantitative estimate of drug-likeness (QED) is 0.185. The van der Waals surface area contributed by atoms with Crippen LogP contribution < -0.4 is 16.0 Å². The maximum atomic E-state index is 13.1. The molecule has 3 aromatic heterocycles. The van der Waals surface area contributed by atoms with Crippen molar-refractivity contribution >= 4 is 55.3 Å². The number of anilines is 6. The second kappa shape index (κ2) is 12.4. The fourth-order valence-electron chi connectivity index (χ4n) is 4.49. The van der Waals surface area contributed by atoms with Crippen molar-refractivity contribution in [3.8, 4) is 11.3 Å². The summed E-state index contributed by atoms with van der Waals surface area (Å²) in [6, 6.07) is 16.6. The Labute approximate surface area is 254 Å². The number of sulfonamides is 1. The van der Waals surface area contributed by atoms with Gasteiger partial charge in [0.15, 0.2) is 5.13 Å². The molecule has 0 amide bonds. The van der Waals surface area contributed by atoms with Crippen molar-refractivity contribution < 1.29 is 13.2 Å². The van der Waals surface area contributed by atoms with Gasteiger partial charge in [-0.25, -0.2) is 18.4 Å². The summed E-state index contributed by atoms with van der Waals surface area (Å²) in [6.45, 7) is 5.38. The van der Waals surface area contributed by atoms with E-state index in [1.165, 1.54) is 15.6 Å². The monoisotopic (exact) mass is 614 g/mol. The lowest BCUT2D eigenvalue weighted by Gasteiger charge is -2.26. The van der Waals surface area contributed by atoms with E-state index < -0.39 is 10.0 Å². The predicted octanol–water partition coefficient (Wildman–Crippen LogP) is 5.86. The molecular weight excluding hydrogens is 585 g/mol. The SMILES string of the molecule is Cc1ccc(Nc2ncc(C)c(Nc3cccc(S(=O)(=O)N4CCOCC4)c3)n2)cc1Nc1nc(-c2cccnc2)cs1. The minimum Gasteiger partial charge on any atom is -0.379 e. The van der Waals surface area contributed by atoms with Gasteiger partial charge in [-0.15, -0.1) is 11.3 Å². The second-order valence-corrected chi connectivity index (χ2v) is 12.7. The predicted molar refractivity (Wildman–Crippen MR) is 169 cm³/mol. The van der Waals surface area contributed by atoms with Crippen LogP contribution >= 0.6 is 11.3 Å². The molecule has 0 bridgehead atoms. The molecule has 6 rings (SSSR count). The third kappa shape index (κ3) is 6.65. The van der Waals surface area contributed by atoms with E-state index >= 15 is 0 Å². The van der Waals surface area contributed by atoms with E-state index in [0.29, 0.717) is 43.8 Å². The van der Waals surface area contributed by atoms with Crippen molar-refractivity contribution in [2.45, 2.75) is 18.7 Å². The van der Waals surface area contributed by atoms with Gasteiger partial charge in [0, 0.05) is 65.2 Å². The minimum absolute atomic E-state index is 0.219. The molecule has 0 saturated carbocycles. The van der Waals surface area contributed by atoms with Crippen molar-refractivity contribution in [1.29, 1.82) is 0 Å². The molecule has 0 spiro atoms. The zero-order valence-corrected chi connectivity index (χ0v) is 25.2. The number of rotatable bonds is 9. The third-order valence-corrected chi connectivity index (χ3v) is 9.53. The number of morpholine rings is 1. The smallest absolute Gasteiger partial charge is 0.243 e. The molecular formula is C30H30N8O3S2. The number of hydrogen-bond acceptors (Lipinski definition) is 11. The molecule has 1 saturated heterocycles. The molecule has 5 aromatic rings. The van der Waals surface area contributed by atoms with Crippen molar-refractivity contribution in [3.63, 3.8) is 0 Å². The molecule has 0 radical (unpaired) electrons. The van der Waals surface area contributed by atoms with Crippen LogP contribution in [0, 0.1) is 13.8 Å². The first-order chi connectivity index (χ1) is 20.8. The van der Waals surface area contributed by atoms with Crippen molar-refractivity contribution in [1.82, 2.24) is 24.2 Å². The number of benzene rings is 2. The molecule has 220 valence electrons. The Balaban J connectivity index is 1.17. The second-order valence-electron chi connectivity index (χ2n) is 9.95. The Morgan fingerprint density at radius 2 is 1.72 bits per heavy atom. The van der Waals surface area contributed by atoms with Gasteiger partial charge in [-0.2, -0.15) is 9.29 Å². The van der Waals surface area contributed by atoms with E-state index in [0.717, 1.165) is 38.9 Å². The first-order valence-corrected chi connectivity index (χ1v) is 16.0. The van der Waals surface area contributed by atoms with Crippen LogP contribution in [0.3, 0.4) is 0 Å². The van der Waals surface area contributed by atoms with Gasteiger partial charge in [0.1, 0.15) is 5.82 Å². The van der Waals surface area contributed by atoms with Crippen LogP contribution in [-0.4, -0.2) is 59.0 Å². The van der Waals surface area contributed by atoms with E-state index in [1.54, 1.807) is 36.8 Å². The lowest BCUT2D eigenvalue weighted by atomic mass is 10.2. The Morgan fingerprint density at radius 1 is 0.884 bits per heavy atom. The first kappa shape index (κ1) is 28.7. The Bertz CT molecular complexity index is 1840. The van der Waals surface area contributed by atoms with Gasteiger partial charge in [-0.3, -0.25) is 4.98 Å². The third-order valence-electron chi connectivity index (χ3n) is 6.87. The van der Waals surface area contributed by atoms with Gasteiger partial charge in [-0.1, -0.05) is 12.1 Å². The van der Waals surface area contributed by atoms with Crippen molar-refractivity contribution in [2.75, 3.05) is 42.3 Å². The average Bonchev–Trinajstić information content (AvgIpc) is 3.50. The molecule has 3 N–H and O–H groups in total. The zero-order valence-electron chi connectivity index (χ0n) is 23.6. The van der Waals surface area contributed by atoms with Gasteiger partial charge in [0.2, 0.25) is 16.0 Å². The molecule has 4 heterocycles. The number of ether oxygens (including phenoxy) is 1. The van der Waals surface area contributed by atoms with Gasteiger partial charge in [0.25, 0.3) is 0 Å². The van der Waals surface area contributed by atoms with Gasteiger partial charge >= 0.3 is 0 Å². The van der Waals surface area contributed by atoms with Crippen LogP contribution in [0.1, 0.15) is 11.1 Å². The van der Waals surface area contributed by atoms with Crippen LogP contribution in [0.25, 0.3) is 11.3 Å². The standard InChI is InChI=1S/C30H30N8O3S2/c1-20-8-9-24(16-26(20)35-30-36-27(19-42-30)22-5-4-10-31-18-22)34-29-32-17-21(2)28(37-29)33-23-6-3-7-25(15-23)43(39,40)38-11-13-41-14-12-38/h3-10,15-19H,11-14H2,1-2H3,(H,35,36)(H2,32,33,34,37). The Morgan fingerprint density at radius 3 is 2.53 bits per heavy atom. The summed E-state index contributed by atoms with van der Waals surface area (Å²) in [7, 11) is -3.62. The van der Waals surface area contributed by atoms with Gasteiger partial charge in [-0.05, 0) is 61.9 Å². The summed E-state index contributed by atoms with van der Waals surface area (Å²) in [5.74, 6) is 0.961. The summed E-state index contributed by atoms with van der Waals surface area (Å²) in [5, 5.41) is 12.7. The van der Waals surface area contributed by atoms with Gasteiger partial charge < -0.3 is 20.7 Å². The highest BCUT2D eigenvalue weighted by atomic mass is 32.2. The number of nitrogens with one attached hydrogen (secondary N) is 3. The molecule has 11 nitrogen and oxygen atoms in total. The summed E-state index contributed by atoms with van der Waals surface area (Å²) in [6.07, 6.45) is 5.25. The molecule has 0 aliphatic carbocycles. The van der Waals surface area contributed by atoms with Crippen LogP contribution in [0.15, 0.2) is 83.5 Å². The highest BCUT2D eigenvalue weighted by Gasteiger charge is 2.26. The maximum absolute atomic E-state index is 13.1. The van der Waals surface area contributed by atoms with E-state index in [9.17, 15) is 8.42 Å². The minimum atomic E-state index is -3.62. The Hall–Kier alpha value is -4.43. The molecule has 1 aliphatic heterocycles. The van der Waals surface area contributed by atoms with Crippen molar-refractivity contribution in [2.24, 2.45) is 0 Å². The lowest BCUT2D eigenvalue weighted by Crippen LogP contribution is -2.40. The van der Waals surface area contributed by atoms with Crippen LogP contribution in [0.2, 0.25) is 0 Å². The number of nitrogens with zero attached hydrogens (tertiary/aromatic N) is 5. The lowest BCUT2D eigenvalue weighted by molar-refractivity contribution is 0.0730. The van der Waals surface area contributed by atoms with E-state index in [2.05, 4.69) is 30.9 Å². The number of aromatic nitrogens is 4. The Kier molecular flexibility index (Phi) is 8.29. The maximum Gasteiger partial charge on any atom is 0.243 e. The normalized spacial score (nSPS) is 13.9. The summed E-state index contributed by atoms with van der Waals surface area (Å²) < 4.78 is 33.1. The molecule has 0 unspecified atom stereocenters. The van der Waals surface area contributed by atoms with Crippen LogP contribution in [0.4, 0.5) is 34.0 Å². The number of pyridine rings is 1. The summed E-state index contributed by atoms with van der Waals surface area (Å²) >= 11 is 1.52. The average molecular weight is 615 g/mol. The molecule has 1 fully saturated rings. The van der Waals surface area contributed by atoms with E-state index in [4.69, 9.17) is 9.72 Å². The molecule has 2 aromatic carbocycles. The summed E-state index contributed by atoms with van der Waals surface area (Å²) in [4.78, 5) is 18.2. The number of aryl methyl sites for hydroxylation is 2. The fourth-order valence-corrected chi connectivity index (χ4v) is 6.68. The molecule has 1 aliphatic rings. The zero-order chi connectivity index (χ0) is 29.8. The highest BCUT2D eigenvalue weighted by molar-refractivity contribution is 7.89. The largest absolute Gasteiger partial charge is 0.379 e. The topological polar surface area (TPSA) is 134 Å². The number of thiazole rings is 1. The molecule has 0 atom stereocenters. The summed E-state index contributed by atoms with van der Waals surface area (Å²) in [5.41, 5.74) is 6.01. The van der Waals surface area contributed by atoms with E-state index in [1.807, 2.05) is 55.6 Å². The van der Waals surface area contributed by atoms with Crippen molar-refractivity contribution in [3.05, 3.63) is 89.7 Å². The van der Waals surface area contributed by atoms with Crippen LogP contribution in [-0.2, 0) is 14.8 Å². The fraction of sp³-hybridized carbons (Fsp3) is 0.200. The number of hydrogen-bond donors (Lipinski definition) is 3. The first-order valence-electron chi connectivity index (χ1n) is 13.6. The van der Waals surface area contributed by atoms with E-state index in [-0.39, 0.29) is 4.90 Å². The van der Waals surface area contributed by atoms with Gasteiger partial charge in [0.05, 0.1) is 23.8 Å². The molecule has 13 heteroatoms. The highest BCUT2D eigenvalue weighted by Crippen LogP contribution is 2.30. The molecule has 43 heavy (non-hydrogen) atoms. The van der Waals surface area contributed by atoms with Crippen LogP contribution in [0.5, 0.6) is 0 Å².